The normalized spacial score (nSPS) is 10.2. The van der Waals surface area contributed by atoms with Crippen LogP contribution in [-0.4, -0.2) is 12.5 Å². The van der Waals surface area contributed by atoms with Gasteiger partial charge in [0.1, 0.15) is 17.3 Å². The number of carbonyl (C=O) groups is 1. The minimum Gasteiger partial charge on any atom is -0.376 e. The summed E-state index contributed by atoms with van der Waals surface area (Å²) in [6.07, 6.45) is 0. The third-order valence-corrected chi connectivity index (χ3v) is 2.70. The lowest BCUT2D eigenvalue weighted by molar-refractivity contribution is -0.114. The van der Waals surface area contributed by atoms with Gasteiger partial charge in [-0.25, -0.2) is 8.78 Å². The van der Waals surface area contributed by atoms with Crippen LogP contribution < -0.4 is 10.6 Å². The lowest BCUT2D eigenvalue weighted by Gasteiger charge is -2.09. The third-order valence-electron chi connectivity index (χ3n) is 2.70. The molecule has 2 aromatic rings. The highest BCUT2D eigenvalue weighted by Gasteiger charge is 2.11. The zero-order chi connectivity index (χ0) is 14.5. The minimum absolute atomic E-state index is 0.0722. The SMILES string of the molecule is Cc1cccc(NCC(=O)Nc2c(F)cccc2F)c1. The molecule has 0 aliphatic rings. The monoisotopic (exact) mass is 276 g/mol. The van der Waals surface area contributed by atoms with Crippen molar-refractivity contribution in [1.82, 2.24) is 0 Å². The molecule has 0 atom stereocenters. The van der Waals surface area contributed by atoms with Crippen LogP contribution in [0.15, 0.2) is 42.5 Å². The number of rotatable bonds is 4. The molecule has 0 radical (unpaired) electrons. The second-order valence-corrected chi connectivity index (χ2v) is 4.37. The van der Waals surface area contributed by atoms with Crippen LogP contribution in [0.1, 0.15) is 5.56 Å². The van der Waals surface area contributed by atoms with Crippen LogP contribution in [0.4, 0.5) is 20.2 Å². The van der Waals surface area contributed by atoms with Crippen molar-refractivity contribution in [1.29, 1.82) is 0 Å². The third kappa shape index (κ3) is 3.54. The average molecular weight is 276 g/mol. The van der Waals surface area contributed by atoms with Gasteiger partial charge in [0.05, 0.1) is 6.54 Å². The summed E-state index contributed by atoms with van der Waals surface area (Å²) in [5, 5.41) is 5.10. The maximum Gasteiger partial charge on any atom is 0.243 e. The van der Waals surface area contributed by atoms with Crippen LogP contribution >= 0.6 is 0 Å². The van der Waals surface area contributed by atoms with Crippen molar-refractivity contribution in [2.45, 2.75) is 6.92 Å². The van der Waals surface area contributed by atoms with E-state index in [1.807, 2.05) is 31.2 Å². The van der Waals surface area contributed by atoms with Gasteiger partial charge >= 0.3 is 0 Å². The topological polar surface area (TPSA) is 41.1 Å². The zero-order valence-corrected chi connectivity index (χ0v) is 10.9. The fraction of sp³-hybridized carbons (Fsp3) is 0.133. The van der Waals surface area contributed by atoms with Crippen molar-refractivity contribution in [3.05, 3.63) is 59.7 Å². The molecule has 1 amide bonds. The number of amides is 1. The number of hydrogen-bond acceptors (Lipinski definition) is 2. The fourth-order valence-corrected chi connectivity index (χ4v) is 1.74. The largest absolute Gasteiger partial charge is 0.376 e. The Morgan fingerprint density at radius 2 is 1.75 bits per heavy atom. The van der Waals surface area contributed by atoms with E-state index in [2.05, 4.69) is 10.6 Å². The summed E-state index contributed by atoms with van der Waals surface area (Å²) >= 11 is 0. The molecule has 0 unspecified atom stereocenters. The number of aryl methyl sites for hydroxylation is 1. The fourth-order valence-electron chi connectivity index (χ4n) is 1.74. The minimum atomic E-state index is -0.797. The van der Waals surface area contributed by atoms with Gasteiger partial charge in [-0.15, -0.1) is 0 Å². The second-order valence-electron chi connectivity index (χ2n) is 4.37. The zero-order valence-electron chi connectivity index (χ0n) is 10.9. The molecule has 20 heavy (non-hydrogen) atoms. The van der Waals surface area contributed by atoms with Crippen molar-refractivity contribution in [2.24, 2.45) is 0 Å². The Morgan fingerprint density at radius 3 is 2.40 bits per heavy atom. The molecule has 5 heteroatoms. The van der Waals surface area contributed by atoms with Crippen LogP contribution in [-0.2, 0) is 4.79 Å². The van der Waals surface area contributed by atoms with Crippen LogP contribution in [0.2, 0.25) is 0 Å². The molecule has 3 nitrogen and oxygen atoms in total. The first-order chi connectivity index (χ1) is 9.56. The standard InChI is InChI=1S/C15H14F2N2O/c1-10-4-2-5-11(8-10)18-9-14(20)19-15-12(16)6-3-7-13(15)17/h2-8,18H,9H2,1H3,(H,19,20). The first kappa shape index (κ1) is 14.0. The first-order valence-corrected chi connectivity index (χ1v) is 6.10. The number of para-hydroxylation sites is 1. The van der Waals surface area contributed by atoms with Crippen LogP contribution in [0.25, 0.3) is 0 Å². The molecule has 2 rings (SSSR count). The van der Waals surface area contributed by atoms with E-state index >= 15 is 0 Å². The van der Waals surface area contributed by atoms with Gasteiger partial charge < -0.3 is 10.6 Å². The molecular formula is C15H14F2N2O. The Labute approximate surface area is 115 Å². The van der Waals surface area contributed by atoms with E-state index in [9.17, 15) is 13.6 Å². The Hall–Kier alpha value is -2.43. The van der Waals surface area contributed by atoms with E-state index in [1.165, 1.54) is 6.07 Å². The van der Waals surface area contributed by atoms with Gasteiger partial charge in [0, 0.05) is 5.69 Å². The highest BCUT2D eigenvalue weighted by atomic mass is 19.1. The molecule has 0 fully saturated rings. The maximum atomic E-state index is 13.4. The van der Waals surface area contributed by atoms with E-state index in [4.69, 9.17) is 0 Å². The van der Waals surface area contributed by atoms with Gasteiger partial charge in [0.15, 0.2) is 0 Å². The van der Waals surface area contributed by atoms with Crippen LogP contribution in [0.5, 0.6) is 0 Å². The van der Waals surface area contributed by atoms with E-state index in [0.717, 1.165) is 23.4 Å². The molecule has 0 bridgehead atoms. The number of benzene rings is 2. The molecule has 0 aliphatic carbocycles. The quantitative estimate of drug-likeness (QED) is 0.899. The molecule has 104 valence electrons. The van der Waals surface area contributed by atoms with Gasteiger partial charge in [-0.1, -0.05) is 18.2 Å². The predicted molar refractivity (Wildman–Crippen MR) is 74.7 cm³/mol. The molecule has 2 aromatic carbocycles. The highest BCUT2D eigenvalue weighted by molar-refractivity contribution is 5.93. The Kier molecular flexibility index (Phi) is 4.30. The molecule has 2 N–H and O–H groups in total. The number of anilines is 2. The number of halogens is 2. The van der Waals surface area contributed by atoms with Gasteiger partial charge in [-0.3, -0.25) is 4.79 Å². The lowest BCUT2D eigenvalue weighted by Crippen LogP contribution is -2.23. The van der Waals surface area contributed by atoms with E-state index in [1.54, 1.807) is 0 Å². The summed E-state index contributed by atoms with van der Waals surface area (Å²) in [6, 6.07) is 10.9. The average Bonchev–Trinajstić information content (AvgIpc) is 2.41. The summed E-state index contributed by atoms with van der Waals surface area (Å²) in [6.45, 7) is 1.86. The van der Waals surface area contributed by atoms with Crippen molar-refractivity contribution >= 4 is 17.3 Å². The Morgan fingerprint density at radius 1 is 1.10 bits per heavy atom. The molecule has 0 saturated carbocycles. The smallest absolute Gasteiger partial charge is 0.243 e. The second kappa shape index (κ2) is 6.14. The van der Waals surface area contributed by atoms with E-state index < -0.39 is 23.2 Å². The molecule has 0 spiro atoms. The number of hydrogen-bond donors (Lipinski definition) is 2. The Bertz CT molecular complexity index is 609. The Balaban J connectivity index is 1.96. The van der Waals surface area contributed by atoms with Gasteiger partial charge in [0.2, 0.25) is 5.91 Å². The molecule has 0 saturated heterocycles. The van der Waals surface area contributed by atoms with E-state index in [0.29, 0.717) is 0 Å². The number of nitrogens with one attached hydrogen (secondary N) is 2. The van der Waals surface area contributed by atoms with Crippen molar-refractivity contribution in [3.8, 4) is 0 Å². The summed E-state index contributed by atoms with van der Waals surface area (Å²) in [5.41, 5.74) is 1.40. The van der Waals surface area contributed by atoms with Crippen LogP contribution in [0, 0.1) is 18.6 Å². The predicted octanol–water partition coefficient (Wildman–Crippen LogP) is 3.32. The summed E-state index contributed by atoms with van der Waals surface area (Å²) in [5.74, 6) is -2.11. The summed E-state index contributed by atoms with van der Waals surface area (Å²) < 4.78 is 26.7. The molecule has 0 aromatic heterocycles. The van der Waals surface area contributed by atoms with Crippen molar-refractivity contribution < 1.29 is 13.6 Å². The maximum absolute atomic E-state index is 13.4. The van der Waals surface area contributed by atoms with Gasteiger partial charge in [0.25, 0.3) is 0 Å². The van der Waals surface area contributed by atoms with Crippen LogP contribution in [0.3, 0.4) is 0 Å². The van der Waals surface area contributed by atoms with Crippen molar-refractivity contribution in [2.75, 3.05) is 17.2 Å². The molecule has 0 aliphatic heterocycles. The lowest BCUT2D eigenvalue weighted by atomic mass is 10.2. The van der Waals surface area contributed by atoms with E-state index in [-0.39, 0.29) is 6.54 Å². The summed E-state index contributed by atoms with van der Waals surface area (Å²) in [4.78, 5) is 11.7. The van der Waals surface area contributed by atoms with Gasteiger partial charge in [-0.2, -0.15) is 0 Å². The van der Waals surface area contributed by atoms with Gasteiger partial charge in [-0.05, 0) is 36.8 Å². The van der Waals surface area contributed by atoms with Crippen molar-refractivity contribution in [3.63, 3.8) is 0 Å². The first-order valence-electron chi connectivity index (χ1n) is 6.10. The summed E-state index contributed by atoms with van der Waals surface area (Å²) in [7, 11) is 0. The molecule has 0 heterocycles. The molecular weight excluding hydrogens is 262 g/mol. The highest BCUT2D eigenvalue weighted by Crippen LogP contribution is 2.17. The number of carbonyl (C=O) groups excluding carboxylic acids is 1.